The van der Waals surface area contributed by atoms with Crippen LogP contribution in [0.3, 0.4) is 0 Å². The van der Waals surface area contributed by atoms with Crippen LogP contribution in [-0.4, -0.2) is 37.6 Å². The second-order valence-corrected chi connectivity index (χ2v) is 5.50. The predicted molar refractivity (Wildman–Crippen MR) is 49.8 cm³/mol. The van der Waals surface area contributed by atoms with Crippen LogP contribution in [0.25, 0.3) is 0 Å². The number of carbonyl (C=O) groups excluding carboxylic acids is 1. The van der Waals surface area contributed by atoms with Crippen LogP contribution in [0.15, 0.2) is 0 Å². The maximum atomic E-state index is 11.6. The van der Waals surface area contributed by atoms with E-state index in [-0.39, 0.29) is 13.1 Å². The van der Waals surface area contributed by atoms with E-state index in [1.165, 1.54) is 6.92 Å². The first-order valence-corrected chi connectivity index (χ1v) is 6.24. The number of carboxylic acid groups (broad SMARTS) is 1. The van der Waals surface area contributed by atoms with Gasteiger partial charge in [-0.15, -0.1) is 12.3 Å². The van der Waals surface area contributed by atoms with Crippen LogP contribution in [0.2, 0.25) is 0 Å². The van der Waals surface area contributed by atoms with E-state index in [1.807, 2.05) is 6.92 Å². The average Bonchev–Trinajstić information content (AvgIpc) is 2.33. The van der Waals surface area contributed by atoms with Crippen LogP contribution < -0.4 is 5.11 Å². The Morgan fingerprint density at radius 2 is 2.20 bits per heavy atom. The van der Waals surface area contributed by atoms with Gasteiger partial charge in [0, 0.05) is 0 Å². The van der Waals surface area contributed by atoms with Crippen molar-refractivity contribution < 1.29 is 26.4 Å². The number of carbonyl (C=O) groups is 1. The molecule has 1 amide bonds. The van der Waals surface area contributed by atoms with Crippen LogP contribution in [0, 0.1) is 0 Å². The van der Waals surface area contributed by atoms with E-state index in [9.17, 15) is 18.3 Å². The van der Waals surface area contributed by atoms with Gasteiger partial charge in [0.05, 0.1) is 0 Å². The summed E-state index contributed by atoms with van der Waals surface area (Å²) in [5, 5.41) is 11.0. The molecule has 15 heavy (non-hydrogen) atoms. The van der Waals surface area contributed by atoms with Gasteiger partial charge in [0.25, 0.3) is 6.09 Å². The van der Waals surface area contributed by atoms with E-state index in [2.05, 4.69) is 4.18 Å². The molecule has 7 heteroatoms. The Balaban J connectivity index is 3.06. The van der Waals surface area contributed by atoms with Crippen LogP contribution in [0.5, 0.6) is 0 Å². The van der Waals surface area contributed by atoms with Crippen LogP contribution in [-0.2, 0) is 14.5 Å². The Morgan fingerprint density at radius 3 is 2.53 bits per heavy atom. The first-order valence-electron chi connectivity index (χ1n) is 4.88. The highest BCUT2D eigenvalue weighted by Crippen LogP contribution is 2.28. The van der Waals surface area contributed by atoms with Crippen molar-refractivity contribution in [2.45, 2.75) is 32.8 Å². The Morgan fingerprint density at radius 1 is 1.60 bits per heavy atom. The molecule has 0 spiro atoms. The van der Waals surface area contributed by atoms with E-state index in [1.54, 1.807) is 0 Å². The Kier molecular flexibility index (Phi) is 3.37. The molecule has 2 unspecified atom stereocenters. The molecule has 0 saturated carbocycles. The summed E-state index contributed by atoms with van der Waals surface area (Å²) in [6.45, 7) is 3.32. The van der Waals surface area contributed by atoms with Crippen molar-refractivity contribution in [3.8, 4) is 0 Å². The van der Waals surface area contributed by atoms with E-state index in [0.29, 0.717) is 6.42 Å². The molecule has 0 aromatic rings. The minimum Gasteiger partial charge on any atom is -0.497 e. The highest BCUT2D eigenvalue weighted by atomic mass is 32.2. The van der Waals surface area contributed by atoms with Crippen molar-refractivity contribution in [1.29, 1.82) is 0 Å². The third-order valence-electron chi connectivity index (χ3n) is 2.47. The van der Waals surface area contributed by atoms with Crippen molar-refractivity contribution in [3.63, 3.8) is 0 Å². The van der Waals surface area contributed by atoms with Crippen LogP contribution in [0.4, 0.5) is 4.79 Å². The lowest BCUT2D eigenvalue weighted by Crippen LogP contribution is -2.60. The van der Waals surface area contributed by atoms with Crippen molar-refractivity contribution in [1.82, 2.24) is 0 Å². The standard InChI is InChI=1S/C8H15NO5S/c1-3-4-5-9(8(10)11)6-7(2)14-15(9,12)13/h7H,3-6H2,1-2H3. The van der Waals surface area contributed by atoms with E-state index >= 15 is 0 Å². The monoisotopic (exact) mass is 237 g/mol. The zero-order chi connectivity index (χ0) is 11.7. The fourth-order valence-electron chi connectivity index (χ4n) is 1.70. The topological polar surface area (TPSA) is 83.5 Å². The molecule has 88 valence electrons. The molecule has 1 fully saturated rings. The van der Waals surface area contributed by atoms with Gasteiger partial charge in [0.1, 0.15) is 19.2 Å². The second-order valence-electron chi connectivity index (χ2n) is 3.75. The van der Waals surface area contributed by atoms with E-state index < -0.39 is 26.4 Å². The van der Waals surface area contributed by atoms with Crippen molar-refractivity contribution in [2.24, 2.45) is 0 Å². The molecule has 2 atom stereocenters. The first kappa shape index (κ1) is 12.4. The lowest BCUT2D eigenvalue weighted by molar-refractivity contribution is -0.753. The highest BCUT2D eigenvalue weighted by molar-refractivity contribution is 7.81. The minimum atomic E-state index is -4.09. The minimum absolute atomic E-state index is 0.00546. The number of hydrogen-bond donors (Lipinski definition) is 0. The summed E-state index contributed by atoms with van der Waals surface area (Å²) >= 11 is 0. The van der Waals surface area contributed by atoms with E-state index in [0.717, 1.165) is 6.42 Å². The Bertz CT molecular complexity index is 352. The molecule has 1 aliphatic rings. The van der Waals surface area contributed by atoms with Gasteiger partial charge in [-0.3, -0.25) is 0 Å². The molecule has 0 radical (unpaired) electrons. The Hall–Kier alpha value is -0.660. The summed E-state index contributed by atoms with van der Waals surface area (Å²) in [6, 6.07) is 0. The Labute approximate surface area is 89.3 Å². The molecule has 1 aliphatic heterocycles. The average molecular weight is 237 g/mol. The van der Waals surface area contributed by atoms with Crippen LogP contribution >= 0.6 is 0 Å². The molecule has 0 aromatic carbocycles. The normalized spacial score (nSPS) is 34.1. The van der Waals surface area contributed by atoms with Gasteiger partial charge in [-0.1, -0.05) is 13.3 Å². The molecule has 1 saturated heterocycles. The van der Waals surface area contributed by atoms with E-state index in [4.69, 9.17) is 0 Å². The maximum Gasteiger partial charge on any atom is 0.442 e. The number of rotatable bonds is 3. The van der Waals surface area contributed by atoms with Crippen LogP contribution in [0.1, 0.15) is 26.7 Å². The van der Waals surface area contributed by atoms with Crippen molar-refractivity contribution >= 4 is 16.4 Å². The van der Waals surface area contributed by atoms with Crippen molar-refractivity contribution in [3.05, 3.63) is 0 Å². The summed E-state index contributed by atoms with van der Waals surface area (Å²) < 4.78 is 26.7. The molecule has 0 N–H and O–H groups in total. The molecule has 1 heterocycles. The molecule has 1 rings (SSSR count). The highest BCUT2D eigenvalue weighted by Gasteiger charge is 2.53. The number of hydrogen-bond acceptors (Lipinski definition) is 5. The summed E-state index contributed by atoms with van der Waals surface area (Å²) in [5.41, 5.74) is 0. The molecule has 0 bridgehead atoms. The van der Waals surface area contributed by atoms with Gasteiger partial charge in [0.2, 0.25) is 0 Å². The third kappa shape index (κ3) is 1.99. The fraction of sp³-hybridized carbons (Fsp3) is 0.875. The quantitative estimate of drug-likeness (QED) is 0.624. The maximum absolute atomic E-state index is 11.6. The smallest absolute Gasteiger partial charge is 0.442 e. The summed E-state index contributed by atoms with van der Waals surface area (Å²) in [6.07, 6.45) is -0.988. The largest absolute Gasteiger partial charge is 0.497 e. The number of nitrogens with zero attached hydrogens (tertiary/aromatic N) is 1. The number of quaternary nitrogens is 1. The fourth-order valence-corrected chi connectivity index (χ4v) is 3.27. The predicted octanol–water partition coefficient (Wildman–Crippen LogP) is -0.390. The zero-order valence-corrected chi connectivity index (χ0v) is 9.62. The third-order valence-corrected chi connectivity index (χ3v) is 4.38. The van der Waals surface area contributed by atoms with Gasteiger partial charge in [-0.2, -0.15) is 0 Å². The van der Waals surface area contributed by atoms with Gasteiger partial charge in [-0.25, -0.2) is 4.18 Å². The van der Waals surface area contributed by atoms with Gasteiger partial charge < -0.3 is 9.90 Å². The molecular weight excluding hydrogens is 222 g/mol. The second kappa shape index (κ2) is 4.07. The number of amides is 1. The molecular formula is C8H15NO5S. The SMILES string of the molecule is CCCC[N+]1(C(=O)[O-])CC(C)OS1(=O)=O. The first-order chi connectivity index (χ1) is 6.85. The summed E-state index contributed by atoms with van der Waals surface area (Å²) in [4.78, 5) is 11.0. The lowest BCUT2D eigenvalue weighted by Gasteiger charge is -2.28. The van der Waals surface area contributed by atoms with Gasteiger partial charge in [-0.05, 0) is 13.3 Å². The van der Waals surface area contributed by atoms with Gasteiger partial charge in [0.15, 0.2) is 0 Å². The molecule has 6 nitrogen and oxygen atoms in total. The lowest BCUT2D eigenvalue weighted by atomic mass is 10.3. The van der Waals surface area contributed by atoms with Gasteiger partial charge >= 0.3 is 10.3 Å². The number of unbranched alkanes of at least 4 members (excludes halogenated alkanes) is 1. The summed E-state index contributed by atoms with van der Waals surface area (Å²) in [7, 11) is -4.09. The molecule has 0 aromatic heterocycles. The molecule has 0 aliphatic carbocycles. The van der Waals surface area contributed by atoms with Crippen molar-refractivity contribution in [2.75, 3.05) is 13.1 Å². The summed E-state index contributed by atoms with van der Waals surface area (Å²) in [5.74, 6) is 0. The zero-order valence-electron chi connectivity index (χ0n) is 8.80.